The van der Waals surface area contributed by atoms with Gasteiger partial charge in [-0.1, -0.05) is 11.8 Å². The molecule has 4 nitrogen and oxygen atoms in total. The van der Waals surface area contributed by atoms with Crippen molar-refractivity contribution < 1.29 is 9.90 Å². The predicted octanol–water partition coefficient (Wildman–Crippen LogP) is 1.52. The average molecular weight is 292 g/mol. The Balaban J connectivity index is 1.84. The van der Waals surface area contributed by atoms with E-state index in [9.17, 15) is 4.79 Å². The number of hydrogen-bond acceptors (Lipinski definition) is 5. The van der Waals surface area contributed by atoms with Crippen molar-refractivity contribution in [3.63, 3.8) is 0 Å². The molecule has 0 saturated heterocycles. The highest BCUT2D eigenvalue weighted by molar-refractivity contribution is 7.14. The normalized spacial score (nSPS) is 9.74. The quantitative estimate of drug-likeness (QED) is 0.840. The van der Waals surface area contributed by atoms with E-state index >= 15 is 0 Å². The minimum absolute atomic E-state index is 0.0997. The second-order valence-electron chi connectivity index (χ2n) is 3.61. The Morgan fingerprint density at radius 1 is 1.47 bits per heavy atom. The van der Waals surface area contributed by atoms with Crippen LogP contribution in [-0.4, -0.2) is 29.1 Å². The minimum atomic E-state index is -0.174. The van der Waals surface area contributed by atoms with Crippen molar-refractivity contribution in [3.05, 3.63) is 38.5 Å². The van der Waals surface area contributed by atoms with Gasteiger partial charge < -0.3 is 10.4 Å². The molecule has 2 rings (SSSR count). The molecule has 2 N–H and O–H groups in total. The molecule has 6 heteroatoms. The Labute approximate surface area is 119 Å². The van der Waals surface area contributed by atoms with Gasteiger partial charge in [0.05, 0.1) is 21.0 Å². The number of aliphatic hydroxyl groups excluding tert-OH is 1. The number of thiophene rings is 1. The molecule has 1 amide bonds. The number of nitrogens with one attached hydrogen (secondary N) is 1. The third-order valence-corrected chi connectivity index (χ3v) is 3.91. The lowest BCUT2D eigenvalue weighted by Crippen LogP contribution is -2.24. The van der Waals surface area contributed by atoms with Gasteiger partial charge in [0, 0.05) is 18.3 Å². The maximum absolute atomic E-state index is 11.8. The molecule has 2 aromatic heterocycles. The van der Waals surface area contributed by atoms with Crippen LogP contribution in [0.25, 0.3) is 0 Å². The third kappa shape index (κ3) is 4.17. The van der Waals surface area contributed by atoms with Crippen molar-refractivity contribution in [3.8, 4) is 11.8 Å². The predicted molar refractivity (Wildman–Crippen MR) is 76.4 cm³/mol. The van der Waals surface area contributed by atoms with Crippen molar-refractivity contribution in [1.82, 2.24) is 10.3 Å². The van der Waals surface area contributed by atoms with Gasteiger partial charge in [0.1, 0.15) is 6.61 Å². The van der Waals surface area contributed by atoms with Gasteiger partial charge in [0.15, 0.2) is 0 Å². The zero-order valence-electron chi connectivity index (χ0n) is 10.0. The first-order chi connectivity index (χ1) is 9.29. The standard InChI is InChI=1S/C13H12N2O2S2/c16-7-1-2-11-3-4-12(19-11)13(17)14-6-5-10-8-18-9-15-10/h3-4,8-9,16H,5-7H2,(H,14,17). The summed E-state index contributed by atoms with van der Waals surface area (Å²) in [4.78, 5) is 17.4. The van der Waals surface area contributed by atoms with E-state index in [2.05, 4.69) is 22.1 Å². The number of aliphatic hydroxyl groups is 1. The zero-order chi connectivity index (χ0) is 13.5. The van der Waals surface area contributed by atoms with E-state index in [4.69, 9.17) is 5.11 Å². The molecule has 19 heavy (non-hydrogen) atoms. The molecule has 0 fully saturated rings. The van der Waals surface area contributed by atoms with E-state index in [1.807, 2.05) is 5.38 Å². The Morgan fingerprint density at radius 3 is 3.11 bits per heavy atom. The molecule has 0 aliphatic rings. The zero-order valence-corrected chi connectivity index (χ0v) is 11.7. The van der Waals surface area contributed by atoms with Gasteiger partial charge in [-0.15, -0.1) is 22.7 Å². The second-order valence-corrected chi connectivity index (χ2v) is 5.41. The third-order valence-electron chi connectivity index (χ3n) is 2.27. The molecule has 0 atom stereocenters. The van der Waals surface area contributed by atoms with E-state index in [0.717, 1.165) is 17.0 Å². The van der Waals surface area contributed by atoms with E-state index in [-0.39, 0.29) is 12.5 Å². The average Bonchev–Trinajstić information content (AvgIpc) is 3.07. The van der Waals surface area contributed by atoms with Crippen LogP contribution in [0.1, 0.15) is 20.2 Å². The Hall–Kier alpha value is -1.68. The first-order valence-corrected chi connectivity index (χ1v) is 7.40. The molecule has 0 saturated carbocycles. The molecular weight excluding hydrogens is 280 g/mol. The summed E-state index contributed by atoms with van der Waals surface area (Å²) in [6, 6.07) is 3.52. The van der Waals surface area contributed by atoms with Crippen LogP contribution in [0, 0.1) is 11.8 Å². The second kappa shape index (κ2) is 7.04. The van der Waals surface area contributed by atoms with Crippen molar-refractivity contribution in [2.45, 2.75) is 6.42 Å². The number of carbonyl (C=O) groups excluding carboxylic acids is 1. The van der Waals surface area contributed by atoms with Crippen molar-refractivity contribution in [2.24, 2.45) is 0 Å². The monoisotopic (exact) mass is 292 g/mol. The van der Waals surface area contributed by atoms with Crippen LogP contribution >= 0.6 is 22.7 Å². The molecule has 0 spiro atoms. The summed E-state index contributed by atoms with van der Waals surface area (Å²) in [5.41, 5.74) is 2.77. The summed E-state index contributed by atoms with van der Waals surface area (Å²) in [6.07, 6.45) is 0.734. The van der Waals surface area contributed by atoms with Crippen molar-refractivity contribution in [1.29, 1.82) is 0 Å². The molecule has 0 aliphatic heterocycles. The number of thiazole rings is 1. The highest BCUT2D eigenvalue weighted by atomic mass is 32.1. The fourth-order valence-electron chi connectivity index (χ4n) is 1.41. The van der Waals surface area contributed by atoms with Crippen LogP contribution in [0.15, 0.2) is 23.0 Å². The van der Waals surface area contributed by atoms with E-state index < -0.39 is 0 Å². The Bertz CT molecular complexity index is 594. The first kappa shape index (κ1) is 13.7. The maximum Gasteiger partial charge on any atom is 0.261 e. The molecule has 2 aromatic rings. The number of hydrogen-bond donors (Lipinski definition) is 2. The summed E-state index contributed by atoms with van der Waals surface area (Å²) in [6.45, 7) is 0.394. The number of nitrogens with zero attached hydrogens (tertiary/aromatic N) is 1. The lowest BCUT2D eigenvalue weighted by atomic mass is 10.3. The van der Waals surface area contributed by atoms with E-state index in [0.29, 0.717) is 11.4 Å². The number of carbonyl (C=O) groups is 1. The van der Waals surface area contributed by atoms with Gasteiger partial charge in [-0.2, -0.15) is 0 Å². The lowest BCUT2D eigenvalue weighted by Gasteiger charge is -2.01. The van der Waals surface area contributed by atoms with Crippen LogP contribution in [0.3, 0.4) is 0 Å². The first-order valence-electron chi connectivity index (χ1n) is 5.64. The molecule has 0 bridgehead atoms. The molecule has 2 heterocycles. The summed E-state index contributed by atoms with van der Waals surface area (Å²) in [5, 5.41) is 13.4. The molecular formula is C13H12N2O2S2. The number of rotatable bonds is 4. The fourth-order valence-corrected chi connectivity index (χ4v) is 2.80. The van der Waals surface area contributed by atoms with Gasteiger partial charge in [-0.05, 0) is 12.1 Å². The highest BCUT2D eigenvalue weighted by Gasteiger charge is 2.08. The SMILES string of the molecule is O=C(NCCc1cscn1)c1ccc(C#CCO)s1. The number of amides is 1. The Kier molecular flexibility index (Phi) is 5.10. The van der Waals surface area contributed by atoms with E-state index in [1.165, 1.54) is 11.3 Å². The van der Waals surface area contributed by atoms with Crippen LogP contribution in [-0.2, 0) is 6.42 Å². The van der Waals surface area contributed by atoms with Crippen LogP contribution in [0.5, 0.6) is 0 Å². The molecule has 98 valence electrons. The smallest absolute Gasteiger partial charge is 0.261 e. The molecule has 0 aromatic carbocycles. The van der Waals surface area contributed by atoms with Gasteiger partial charge in [-0.3, -0.25) is 4.79 Å². The summed E-state index contributed by atoms with van der Waals surface area (Å²) in [5.74, 6) is 5.23. The van der Waals surface area contributed by atoms with Crippen molar-refractivity contribution >= 4 is 28.6 Å². The molecule has 0 aliphatic carbocycles. The number of aromatic nitrogens is 1. The summed E-state index contributed by atoms with van der Waals surface area (Å²) >= 11 is 2.87. The van der Waals surface area contributed by atoms with Crippen LogP contribution in [0.4, 0.5) is 0 Å². The fraction of sp³-hybridized carbons (Fsp3) is 0.231. The maximum atomic E-state index is 11.8. The molecule has 0 unspecified atom stereocenters. The van der Waals surface area contributed by atoms with Gasteiger partial charge in [-0.25, -0.2) is 4.98 Å². The largest absolute Gasteiger partial charge is 0.384 e. The van der Waals surface area contributed by atoms with Gasteiger partial charge in [0.2, 0.25) is 0 Å². The highest BCUT2D eigenvalue weighted by Crippen LogP contribution is 2.15. The lowest BCUT2D eigenvalue weighted by molar-refractivity contribution is 0.0958. The van der Waals surface area contributed by atoms with Crippen LogP contribution in [0.2, 0.25) is 0 Å². The topological polar surface area (TPSA) is 62.2 Å². The summed E-state index contributed by atoms with van der Waals surface area (Å²) < 4.78 is 0. The summed E-state index contributed by atoms with van der Waals surface area (Å²) in [7, 11) is 0. The van der Waals surface area contributed by atoms with Crippen molar-refractivity contribution in [2.75, 3.05) is 13.2 Å². The van der Waals surface area contributed by atoms with Gasteiger partial charge >= 0.3 is 0 Å². The Morgan fingerprint density at radius 2 is 2.37 bits per heavy atom. The van der Waals surface area contributed by atoms with Gasteiger partial charge in [0.25, 0.3) is 5.91 Å². The van der Waals surface area contributed by atoms with E-state index in [1.54, 1.807) is 29.0 Å². The van der Waals surface area contributed by atoms with Crippen LogP contribution < -0.4 is 5.32 Å². The molecule has 0 radical (unpaired) electrons. The minimum Gasteiger partial charge on any atom is -0.384 e.